The molecule has 1 aromatic rings. The van der Waals surface area contributed by atoms with Gasteiger partial charge < -0.3 is 15.0 Å². The van der Waals surface area contributed by atoms with E-state index in [2.05, 4.69) is 5.92 Å². The van der Waals surface area contributed by atoms with E-state index in [1.165, 1.54) is 6.07 Å². The minimum absolute atomic E-state index is 0.320. The summed E-state index contributed by atoms with van der Waals surface area (Å²) in [4.78, 5) is 11.0. The maximum atomic E-state index is 11.8. The topological polar surface area (TPSA) is 69.4 Å². The number of amides is 1. The van der Waals surface area contributed by atoms with E-state index in [0.29, 0.717) is 11.3 Å². The monoisotopic (exact) mass is 251 g/mol. The average Bonchev–Trinajstić information content (AvgIpc) is 2.24. The normalized spacial score (nSPS) is 12.5. The molecular weight excluding hydrogens is 237 g/mol. The van der Waals surface area contributed by atoms with Gasteiger partial charge in [-0.05, 0) is 31.5 Å². The lowest BCUT2D eigenvalue weighted by Gasteiger charge is -2.17. The van der Waals surface area contributed by atoms with Crippen molar-refractivity contribution in [3.63, 3.8) is 0 Å². The first-order valence-corrected chi connectivity index (χ1v) is 7.59. The molecule has 1 rings (SSSR count). The number of carbonyl (C=O) groups is 1. The van der Waals surface area contributed by atoms with Crippen LogP contribution < -0.4 is 10.5 Å². The van der Waals surface area contributed by atoms with E-state index in [-0.39, 0.29) is 0 Å². The molecule has 0 bridgehead atoms. The quantitative estimate of drug-likeness (QED) is 0.654. The number of benzene rings is 1. The maximum absolute atomic E-state index is 11.8. The van der Waals surface area contributed by atoms with Gasteiger partial charge in [-0.15, -0.1) is 6.42 Å². The van der Waals surface area contributed by atoms with Crippen molar-refractivity contribution in [3.05, 3.63) is 29.8 Å². The second-order valence-electron chi connectivity index (χ2n) is 3.96. The van der Waals surface area contributed by atoms with Gasteiger partial charge >= 0.3 is 0 Å². The van der Waals surface area contributed by atoms with Crippen LogP contribution >= 0.6 is 7.14 Å². The lowest BCUT2D eigenvalue weighted by atomic mass is 10.2. The smallest absolute Gasteiger partial charge is 0.248 e. The molecule has 0 fully saturated rings. The maximum Gasteiger partial charge on any atom is 0.248 e. The molecule has 5 heteroatoms. The molecule has 0 aliphatic rings. The SMILES string of the molecule is C#CC(Oc1cccc(C(N)=O)c1)P(C)(C)=O. The van der Waals surface area contributed by atoms with Crippen molar-refractivity contribution in [2.75, 3.05) is 13.3 Å². The summed E-state index contributed by atoms with van der Waals surface area (Å²) in [6.07, 6.45) is 5.27. The van der Waals surface area contributed by atoms with Crippen LogP contribution in [0.1, 0.15) is 10.4 Å². The molecule has 0 aromatic heterocycles. The fourth-order valence-corrected chi connectivity index (χ4v) is 1.93. The van der Waals surface area contributed by atoms with Gasteiger partial charge in [-0.25, -0.2) is 0 Å². The summed E-state index contributed by atoms with van der Waals surface area (Å²) in [6.45, 7) is 3.10. The molecule has 4 nitrogen and oxygen atoms in total. The van der Waals surface area contributed by atoms with Crippen LogP contribution in [0.2, 0.25) is 0 Å². The van der Waals surface area contributed by atoms with Gasteiger partial charge in [0, 0.05) is 5.56 Å². The van der Waals surface area contributed by atoms with Gasteiger partial charge in [0.1, 0.15) is 12.9 Å². The molecule has 0 spiro atoms. The first-order valence-electron chi connectivity index (χ1n) is 4.92. The van der Waals surface area contributed by atoms with Crippen molar-refractivity contribution in [1.82, 2.24) is 0 Å². The molecule has 0 saturated heterocycles. The van der Waals surface area contributed by atoms with E-state index in [4.69, 9.17) is 16.9 Å². The minimum atomic E-state index is -2.55. The Bertz CT molecular complexity index is 513. The first kappa shape index (κ1) is 13.3. The number of primary amides is 1. The largest absolute Gasteiger partial charge is 0.470 e. The van der Waals surface area contributed by atoms with Gasteiger partial charge in [0.2, 0.25) is 11.8 Å². The highest BCUT2D eigenvalue weighted by molar-refractivity contribution is 7.63. The summed E-state index contributed by atoms with van der Waals surface area (Å²) in [5.41, 5.74) is 5.46. The Balaban J connectivity index is 2.96. The van der Waals surface area contributed by atoms with E-state index in [1.54, 1.807) is 31.5 Å². The molecule has 0 saturated carbocycles. The molecule has 17 heavy (non-hydrogen) atoms. The van der Waals surface area contributed by atoms with E-state index in [9.17, 15) is 9.36 Å². The second-order valence-corrected chi connectivity index (χ2v) is 7.30. The van der Waals surface area contributed by atoms with Crippen LogP contribution in [0.4, 0.5) is 0 Å². The Kier molecular flexibility index (Phi) is 3.98. The van der Waals surface area contributed by atoms with E-state index < -0.39 is 18.9 Å². The highest BCUT2D eigenvalue weighted by Gasteiger charge is 2.22. The molecule has 0 heterocycles. The number of rotatable bonds is 4. The van der Waals surface area contributed by atoms with Gasteiger partial charge in [-0.3, -0.25) is 4.79 Å². The van der Waals surface area contributed by atoms with E-state index in [1.807, 2.05) is 0 Å². The Hall–Kier alpha value is -1.72. The lowest BCUT2D eigenvalue weighted by molar-refractivity contribution is 0.1000. The third kappa shape index (κ3) is 3.65. The Morgan fingerprint density at radius 1 is 1.53 bits per heavy atom. The number of ether oxygens (including phenoxy) is 1. The third-order valence-electron chi connectivity index (χ3n) is 2.07. The van der Waals surface area contributed by atoms with Gasteiger partial charge in [0.05, 0.1) is 0 Å². The van der Waals surface area contributed by atoms with Gasteiger partial charge in [0.15, 0.2) is 0 Å². The zero-order valence-electron chi connectivity index (χ0n) is 9.71. The second kappa shape index (κ2) is 5.07. The number of terminal acetylenes is 1. The number of hydrogen-bond donors (Lipinski definition) is 1. The van der Waals surface area contributed by atoms with Gasteiger partial charge in [-0.2, -0.15) is 0 Å². The molecule has 2 N–H and O–H groups in total. The van der Waals surface area contributed by atoms with Gasteiger partial charge in [-0.1, -0.05) is 12.0 Å². The van der Waals surface area contributed by atoms with Crippen LogP contribution in [0.5, 0.6) is 5.75 Å². The predicted molar refractivity (Wildman–Crippen MR) is 67.7 cm³/mol. The molecule has 0 radical (unpaired) electrons. The lowest BCUT2D eigenvalue weighted by Crippen LogP contribution is -2.15. The highest BCUT2D eigenvalue weighted by Crippen LogP contribution is 2.42. The zero-order valence-corrected chi connectivity index (χ0v) is 10.6. The van der Waals surface area contributed by atoms with Crippen LogP contribution in [-0.4, -0.2) is 25.1 Å². The molecule has 1 aromatic carbocycles. The molecule has 0 aliphatic heterocycles. The molecular formula is C12H14NO3P. The third-order valence-corrected chi connectivity index (χ3v) is 3.46. The zero-order chi connectivity index (χ0) is 13.1. The number of nitrogens with two attached hydrogens (primary N) is 1. The minimum Gasteiger partial charge on any atom is -0.470 e. The number of carbonyl (C=O) groups excluding carboxylic acids is 1. The van der Waals surface area contributed by atoms with Crippen LogP contribution in [0.3, 0.4) is 0 Å². The van der Waals surface area contributed by atoms with Crippen molar-refractivity contribution in [3.8, 4) is 18.1 Å². The molecule has 1 unspecified atom stereocenters. The Morgan fingerprint density at radius 3 is 2.65 bits per heavy atom. The number of hydrogen-bond acceptors (Lipinski definition) is 3. The summed E-state index contributed by atoms with van der Waals surface area (Å²) in [5.74, 6) is 1.37. The molecule has 0 aliphatic carbocycles. The summed E-state index contributed by atoms with van der Waals surface area (Å²) in [6, 6.07) is 6.30. The van der Waals surface area contributed by atoms with E-state index in [0.717, 1.165) is 0 Å². The fraction of sp³-hybridized carbons (Fsp3) is 0.250. The fourth-order valence-electron chi connectivity index (χ4n) is 1.19. The summed E-state index contributed by atoms with van der Waals surface area (Å²) in [5, 5.41) is 0. The van der Waals surface area contributed by atoms with Crippen LogP contribution in [0.25, 0.3) is 0 Å². The average molecular weight is 251 g/mol. The van der Waals surface area contributed by atoms with E-state index >= 15 is 0 Å². The standard InChI is InChI=1S/C12H14NO3P/c1-4-11(17(2,3)15)16-10-7-5-6-9(8-10)12(13)14/h1,5-8,11H,2-3H3,(H2,13,14). The van der Waals surface area contributed by atoms with Crippen molar-refractivity contribution in [2.45, 2.75) is 5.85 Å². The Labute approximate surface area is 101 Å². The molecule has 90 valence electrons. The highest BCUT2D eigenvalue weighted by atomic mass is 31.2. The van der Waals surface area contributed by atoms with Crippen molar-refractivity contribution in [1.29, 1.82) is 0 Å². The van der Waals surface area contributed by atoms with Crippen LogP contribution in [0, 0.1) is 12.3 Å². The van der Waals surface area contributed by atoms with Gasteiger partial charge in [0.25, 0.3) is 0 Å². The van der Waals surface area contributed by atoms with Crippen molar-refractivity contribution < 1.29 is 14.1 Å². The summed E-state index contributed by atoms with van der Waals surface area (Å²) >= 11 is 0. The van der Waals surface area contributed by atoms with Crippen LogP contribution in [-0.2, 0) is 4.57 Å². The predicted octanol–water partition coefficient (Wildman–Crippen LogP) is 1.75. The first-order chi connectivity index (χ1) is 7.84. The van der Waals surface area contributed by atoms with Crippen molar-refractivity contribution in [2.24, 2.45) is 5.73 Å². The summed E-state index contributed by atoms with van der Waals surface area (Å²) < 4.78 is 17.2. The van der Waals surface area contributed by atoms with Crippen LogP contribution in [0.15, 0.2) is 24.3 Å². The van der Waals surface area contributed by atoms with Crippen molar-refractivity contribution >= 4 is 13.0 Å². The Morgan fingerprint density at radius 2 is 2.18 bits per heavy atom. The molecule has 1 atom stereocenters. The molecule has 1 amide bonds. The summed E-state index contributed by atoms with van der Waals surface area (Å²) in [7, 11) is -2.55.